The second kappa shape index (κ2) is 9.99. The quantitative estimate of drug-likeness (QED) is 0.629. The lowest BCUT2D eigenvalue weighted by Crippen LogP contribution is -2.41. The number of nitrogens with two attached hydrogens (primary N) is 1. The Morgan fingerprint density at radius 3 is 2.45 bits per heavy atom. The Morgan fingerprint density at radius 1 is 1.35 bits per heavy atom. The lowest BCUT2D eigenvalue weighted by Gasteiger charge is -2.25. The van der Waals surface area contributed by atoms with E-state index in [9.17, 15) is 18.0 Å². The van der Waals surface area contributed by atoms with Crippen LogP contribution in [0.3, 0.4) is 0 Å². The van der Waals surface area contributed by atoms with E-state index in [0.29, 0.717) is 32.6 Å². The molecule has 1 unspecified atom stereocenters. The Balaban J connectivity index is 4.45. The molecule has 1 amide bonds. The first-order valence-corrected chi connectivity index (χ1v) is 6.96. The van der Waals surface area contributed by atoms with E-state index in [1.165, 1.54) is 0 Å². The van der Waals surface area contributed by atoms with Gasteiger partial charge in [-0.2, -0.15) is 13.2 Å². The summed E-state index contributed by atoms with van der Waals surface area (Å²) in [6.07, 6.45) is -3.24. The average molecular weight is 298 g/mol. The monoisotopic (exact) mass is 298 g/mol. The highest BCUT2D eigenvalue weighted by Gasteiger charge is 2.33. The number of amides is 1. The van der Waals surface area contributed by atoms with Crippen molar-refractivity contribution in [2.24, 2.45) is 11.7 Å². The molecule has 20 heavy (non-hydrogen) atoms. The van der Waals surface area contributed by atoms with E-state index in [4.69, 9.17) is 10.5 Å². The second-order valence-corrected chi connectivity index (χ2v) is 4.70. The van der Waals surface area contributed by atoms with Gasteiger partial charge in [-0.05, 0) is 25.8 Å². The van der Waals surface area contributed by atoms with Crippen LogP contribution >= 0.6 is 0 Å². The third-order valence-electron chi connectivity index (χ3n) is 3.02. The molecule has 0 aromatic rings. The van der Waals surface area contributed by atoms with Crippen LogP contribution in [0.2, 0.25) is 0 Å². The van der Waals surface area contributed by atoms with Crippen molar-refractivity contribution in [1.29, 1.82) is 0 Å². The van der Waals surface area contributed by atoms with Crippen LogP contribution in [0, 0.1) is 5.92 Å². The molecular formula is C13H25F3N2O2. The molecule has 0 saturated carbocycles. The number of nitrogens with zero attached hydrogens (tertiary/aromatic N) is 1. The summed E-state index contributed by atoms with van der Waals surface area (Å²) >= 11 is 0. The van der Waals surface area contributed by atoms with E-state index in [2.05, 4.69) is 0 Å². The molecule has 0 aliphatic carbocycles. The van der Waals surface area contributed by atoms with Crippen LogP contribution in [-0.2, 0) is 9.53 Å². The van der Waals surface area contributed by atoms with E-state index in [0.717, 1.165) is 4.90 Å². The Kier molecular flexibility index (Phi) is 9.58. The average Bonchev–Trinajstić information content (AvgIpc) is 2.37. The summed E-state index contributed by atoms with van der Waals surface area (Å²) in [4.78, 5) is 12.8. The molecule has 1 atom stereocenters. The van der Waals surface area contributed by atoms with Gasteiger partial charge in [0.2, 0.25) is 5.91 Å². The molecule has 0 radical (unpaired) electrons. The summed E-state index contributed by atoms with van der Waals surface area (Å²) in [6, 6.07) is 0. The predicted molar refractivity (Wildman–Crippen MR) is 71.2 cm³/mol. The van der Waals surface area contributed by atoms with Crippen molar-refractivity contribution >= 4 is 5.91 Å². The minimum atomic E-state index is -4.38. The molecule has 0 aliphatic heterocycles. The summed E-state index contributed by atoms with van der Waals surface area (Å²) in [5, 5.41) is 0. The maximum Gasteiger partial charge on any atom is 0.406 e. The number of alkyl halides is 3. The van der Waals surface area contributed by atoms with Crippen LogP contribution in [0.4, 0.5) is 13.2 Å². The van der Waals surface area contributed by atoms with Crippen molar-refractivity contribution in [2.75, 3.05) is 32.8 Å². The van der Waals surface area contributed by atoms with Gasteiger partial charge < -0.3 is 15.4 Å². The number of halogens is 3. The third kappa shape index (κ3) is 9.14. The van der Waals surface area contributed by atoms with Gasteiger partial charge in [-0.15, -0.1) is 0 Å². The highest BCUT2D eigenvalue weighted by atomic mass is 19.4. The summed E-state index contributed by atoms with van der Waals surface area (Å²) in [7, 11) is 0. The highest BCUT2D eigenvalue weighted by molar-refractivity contribution is 5.76. The van der Waals surface area contributed by atoms with E-state index in [1.807, 2.05) is 13.8 Å². The van der Waals surface area contributed by atoms with E-state index in [1.54, 1.807) is 0 Å². The minimum absolute atomic E-state index is 0.0549. The second-order valence-electron chi connectivity index (χ2n) is 4.70. The van der Waals surface area contributed by atoms with E-state index < -0.39 is 18.6 Å². The molecule has 0 spiro atoms. The van der Waals surface area contributed by atoms with E-state index in [-0.39, 0.29) is 18.9 Å². The van der Waals surface area contributed by atoms with Gasteiger partial charge in [-0.3, -0.25) is 4.79 Å². The number of ether oxygens (including phenoxy) is 1. The molecule has 0 aromatic heterocycles. The van der Waals surface area contributed by atoms with Gasteiger partial charge in [0, 0.05) is 26.2 Å². The van der Waals surface area contributed by atoms with E-state index >= 15 is 0 Å². The van der Waals surface area contributed by atoms with Gasteiger partial charge in [-0.25, -0.2) is 0 Å². The SMILES string of the molecule is CCOCCCN(CC(F)(F)F)C(=O)CC(CC)CN. The van der Waals surface area contributed by atoms with Gasteiger partial charge in [0.1, 0.15) is 6.54 Å². The van der Waals surface area contributed by atoms with Crippen molar-refractivity contribution in [3.8, 4) is 0 Å². The molecular weight excluding hydrogens is 273 g/mol. The molecule has 0 fully saturated rings. The predicted octanol–water partition coefficient (Wildman–Crippen LogP) is 2.18. The first-order valence-electron chi connectivity index (χ1n) is 6.96. The van der Waals surface area contributed by atoms with Crippen LogP contribution in [0.15, 0.2) is 0 Å². The van der Waals surface area contributed by atoms with Gasteiger partial charge in [0.25, 0.3) is 0 Å². The Labute approximate surface area is 118 Å². The van der Waals surface area contributed by atoms with Gasteiger partial charge >= 0.3 is 6.18 Å². The zero-order valence-electron chi connectivity index (χ0n) is 12.2. The standard InChI is InChI=1S/C13H25F3N2O2/c1-3-11(9-17)8-12(19)18(10-13(14,15)16)6-5-7-20-4-2/h11H,3-10,17H2,1-2H3. The molecule has 4 nitrogen and oxygen atoms in total. The molecule has 0 heterocycles. The molecule has 0 bridgehead atoms. The Morgan fingerprint density at radius 2 is 2.00 bits per heavy atom. The minimum Gasteiger partial charge on any atom is -0.382 e. The lowest BCUT2D eigenvalue weighted by molar-refractivity contribution is -0.162. The van der Waals surface area contributed by atoms with Crippen molar-refractivity contribution < 1.29 is 22.7 Å². The van der Waals surface area contributed by atoms with Gasteiger partial charge in [-0.1, -0.05) is 13.3 Å². The number of hydrogen-bond donors (Lipinski definition) is 1. The van der Waals surface area contributed by atoms with Gasteiger partial charge in [0.05, 0.1) is 0 Å². The summed E-state index contributed by atoms with van der Waals surface area (Å²) in [5.74, 6) is -0.554. The van der Waals surface area contributed by atoms with Crippen molar-refractivity contribution in [1.82, 2.24) is 4.90 Å². The van der Waals surface area contributed by atoms with Crippen molar-refractivity contribution in [2.45, 2.75) is 39.3 Å². The molecule has 2 N–H and O–H groups in total. The van der Waals surface area contributed by atoms with Crippen LogP contribution in [0.25, 0.3) is 0 Å². The Hall–Kier alpha value is -0.820. The first kappa shape index (κ1) is 19.2. The first-order chi connectivity index (χ1) is 9.34. The molecule has 0 aliphatic rings. The Bertz CT molecular complexity index is 269. The number of hydrogen-bond acceptors (Lipinski definition) is 3. The molecule has 120 valence electrons. The zero-order chi connectivity index (χ0) is 15.6. The third-order valence-corrected chi connectivity index (χ3v) is 3.02. The molecule has 0 aromatic carbocycles. The highest BCUT2D eigenvalue weighted by Crippen LogP contribution is 2.18. The smallest absolute Gasteiger partial charge is 0.382 e. The van der Waals surface area contributed by atoms with Gasteiger partial charge in [0.15, 0.2) is 0 Å². The van der Waals surface area contributed by atoms with Crippen LogP contribution < -0.4 is 5.73 Å². The van der Waals surface area contributed by atoms with Crippen LogP contribution in [-0.4, -0.2) is 49.8 Å². The number of carbonyl (C=O) groups is 1. The molecule has 0 saturated heterocycles. The summed E-state index contributed by atoms with van der Waals surface area (Å²) in [5.41, 5.74) is 5.49. The maximum absolute atomic E-state index is 12.5. The van der Waals surface area contributed by atoms with Crippen molar-refractivity contribution in [3.05, 3.63) is 0 Å². The summed E-state index contributed by atoms with van der Waals surface area (Å²) in [6.45, 7) is 3.70. The normalized spacial score (nSPS) is 13.3. The van der Waals surface area contributed by atoms with Crippen LogP contribution in [0.1, 0.15) is 33.1 Å². The topological polar surface area (TPSA) is 55.6 Å². The lowest BCUT2D eigenvalue weighted by atomic mass is 10.0. The van der Waals surface area contributed by atoms with Crippen molar-refractivity contribution in [3.63, 3.8) is 0 Å². The fourth-order valence-corrected chi connectivity index (χ4v) is 1.78. The van der Waals surface area contributed by atoms with Crippen LogP contribution in [0.5, 0.6) is 0 Å². The number of carbonyl (C=O) groups excluding carboxylic acids is 1. The largest absolute Gasteiger partial charge is 0.406 e. The maximum atomic E-state index is 12.5. The fourth-order valence-electron chi connectivity index (χ4n) is 1.78. The zero-order valence-corrected chi connectivity index (χ0v) is 12.2. The molecule has 0 rings (SSSR count). The number of rotatable bonds is 10. The fraction of sp³-hybridized carbons (Fsp3) is 0.923. The summed E-state index contributed by atoms with van der Waals surface area (Å²) < 4.78 is 42.6. The molecule has 7 heteroatoms.